The average Bonchev–Trinajstić information content (AvgIpc) is 2.19. The Morgan fingerprint density at radius 1 is 1.15 bits per heavy atom. The molecule has 0 saturated carbocycles. The molecule has 1 rings (SSSR count). The molecule has 13 heavy (non-hydrogen) atoms. The van der Waals surface area contributed by atoms with Gasteiger partial charge in [-0.3, -0.25) is 0 Å². The van der Waals surface area contributed by atoms with E-state index >= 15 is 0 Å². The van der Waals surface area contributed by atoms with Gasteiger partial charge in [-0.05, 0) is 38.1 Å². The largest absolute Gasteiger partial charge is 0.388 e. The zero-order valence-corrected chi connectivity index (χ0v) is 8.59. The lowest BCUT2D eigenvalue weighted by atomic mass is 10.1. The van der Waals surface area contributed by atoms with Gasteiger partial charge in [-0.1, -0.05) is 12.1 Å². The Labute approximate surface area is 80.4 Å². The van der Waals surface area contributed by atoms with Crippen molar-refractivity contribution in [1.82, 2.24) is 5.32 Å². The maximum Gasteiger partial charge on any atom is 0.0337 e. The minimum absolute atomic E-state index is 0.542. The molecule has 0 saturated heterocycles. The van der Waals surface area contributed by atoms with Crippen LogP contribution in [0.15, 0.2) is 24.3 Å². The Morgan fingerprint density at radius 2 is 1.77 bits per heavy atom. The molecule has 1 aromatic rings. The second-order valence-corrected chi connectivity index (χ2v) is 3.34. The second-order valence-electron chi connectivity index (χ2n) is 3.34. The summed E-state index contributed by atoms with van der Waals surface area (Å²) in [5.74, 6) is 0. The Balaban J connectivity index is 2.58. The van der Waals surface area contributed by atoms with Gasteiger partial charge in [0.05, 0.1) is 0 Å². The summed E-state index contributed by atoms with van der Waals surface area (Å²) in [6, 6.07) is 9.09. The molecule has 2 N–H and O–H groups in total. The minimum Gasteiger partial charge on any atom is -0.388 e. The van der Waals surface area contributed by atoms with Crippen molar-refractivity contribution in [2.45, 2.75) is 19.4 Å². The van der Waals surface area contributed by atoms with Crippen molar-refractivity contribution in [2.75, 3.05) is 19.4 Å². The van der Waals surface area contributed by atoms with Gasteiger partial charge < -0.3 is 10.6 Å². The molecule has 1 atom stereocenters. The maximum atomic E-state index is 3.23. The van der Waals surface area contributed by atoms with E-state index < -0.39 is 0 Å². The van der Waals surface area contributed by atoms with Crippen molar-refractivity contribution in [3.63, 3.8) is 0 Å². The monoisotopic (exact) mass is 178 g/mol. The fourth-order valence-electron chi connectivity index (χ4n) is 1.26. The second kappa shape index (κ2) is 4.87. The molecule has 0 bridgehead atoms. The van der Waals surface area contributed by atoms with Crippen LogP contribution >= 0.6 is 0 Å². The average molecular weight is 178 g/mol. The Hall–Kier alpha value is -1.02. The van der Waals surface area contributed by atoms with Crippen LogP contribution in [0.3, 0.4) is 0 Å². The molecule has 0 amide bonds. The van der Waals surface area contributed by atoms with Gasteiger partial charge in [0.1, 0.15) is 0 Å². The molecule has 1 aromatic carbocycles. The van der Waals surface area contributed by atoms with E-state index in [9.17, 15) is 0 Å². The van der Waals surface area contributed by atoms with Gasteiger partial charge in [-0.2, -0.15) is 0 Å². The molecule has 0 aliphatic heterocycles. The van der Waals surface area contributed by atoms with Gasteiger partial charge in [-0.25, -0.2) is 0 Å². The molecule has 0 aliphatic rings. The van der Waals surface area contributed by atoms with Gasteiger partial charge >= 0.3 is 0 Å². The summed E-state index contributed by atoms with van der Waals surface area (Å²) in [5, 5.41) is 6.33. The predicted octanol–water partition coefficient (Wildman–Crippen LogP) is 1.88. The Kier molecular flexibility index (Phi) is 3.77. The van der Waals surface area contributed by atoms with Gasteiger partial charge in [0.15, 0.2) is 0 Å². The summed E-state index contributed by atoms with van der Waals surface area (Å²) >= 11 is 0. The highest BCUT2D eigenvalue weighted by Crippen LogP contribution is 2.09. The Bertz CT molecular complexity index is 241. The highest BCUT2D eigenvalue weighted by atomic mass is 14.8. The number of rotatable bonds is 4. The number of hydrogen-bond acceptors (Lipinski definition) is 2. The van der Waals surface area contributed by atoms with E-state index in [2.05, 4.69) is 41.8 Å². The molecular weight excluding hydrogens is 160 g/mol. The zero-order valence-electron chi connectivity index (χ0n) is 8.59. The summed E-state index contributed by atoms with van der Waals surface area (Å²) in [6.45, 7) is 2.19. The summed E-state index contributed by atoms with van der Waals surface area (Å²) in [7, 11) is 3.93. The van der Waals surface area contributed by atoms with Gasteiger partial charge in [-0.15, -0.1) is 0 Å². The predicted molar refractivity (Wildman–Crippen MR) is 58.2 cm³/mol. The van der Waals surface area contributed by atoms with Crippen LogP contribution < -0.4 is 10.6 Å². The van der Waals surface area contributed by atoms with E-state index in [0.29, 0.717) is 6.04 Å². The van der Waals surface area contributed by atoms with Crippen LogP contribution in [0.1, 0.15) is 12.5 Å². The molecule has 2 nitrogen and oxygen atoms in total. The number of hydrogen-bond donors (Lipinski definition) is 2. The SMILES string of the molecule is CNc1ccc(CC(C)NC)cc1. The van der Waals surface area contributed by atoms with Crippen molar-refractivity contribution < 1.29 is 0 Å². The van der Waals surface area contributed by atoms with E-state index in [-0.39, 0.29) is 0 Å². The van der Waals surface area contributed by atoms with E-state index in [0.717, 1.165) is 6.42 Å². The first-order chi connectivity index (χ1) is 6.26. The van der Waals surface area contributed by atoms with Crippen LogP contribution in [-0.4, -0.2) is 20.1 Å². The molecule has 72 valence electrons. The first-order valence-electron chi connectivity index (χ1n) is 4.70. The Morgan fingerprint density at radius 3 is 2.23 bits per heavy atom. The molecular formula is C11H18N2. The van der Waals surface area contributed by atoms with Crippen molar-refractivity contribution in [3.8, 4) is 0 Å². The third kappa shape index (κ3) is 3.07. The summed E-state index contributed by atoms with van der Waals surface area (Å²) in [4.78, 5) is 0. The summed E-state index contributed by atoms with van der Waals surface area (Å²) in [6.07, 6.45) is 1.08. The molecule has 0 aromatic heterocycles. The standard InChI is InChI=1S/C11H18N2/c1-9(12-2)8-10-4-6-11(13-3)7-5-10/h4-7,9,12-13H,8H2,1-3H3. The molecule has 0 aliphatic carbocycles. The zero-order chi connectivity index (χ0) is 9.68. The van der Waals surface area contributed by atoms with Crippen molar-refractivity contribution in [3.05, 3.63) is 29.8 Å². The number of anilines is 1. The summed E-state index contributed by atoms with van der Waals surface area (Å²) < 4.78 is 0. The van der Waals surface area contributed by atoms with Gasteiger partial charge in [0.25, 0.3) is 0 Å². The topological polar surface area (TPSA) is 24.1 Å². The molecule has 0 heterocycles. The van der Waals surface area contributed by atoms with Crippen LogP contribution in [0.2, 0.25) is 0 Å². The van der Waals surface area contributed by atoms with Crippen LogP contribution in [0.4, 0.5) is 5.69 Å². The molecule has 0 radical (unpaired) electrons. The highest BCUT2D eigenvalue weighted by Gasteiger charge is 1.99. The summed E-state index contributed by atoms with van der Waals surface area (Å²) in [5.41, 5.74) is 2.54. The minimum atomic E-state index is 0.542. The number of benzene rings is 1. The van der Waals surface area contributed by atoms with E-state index in [1.54, 1.807) is 0 Å². The smallest absolute Gasteiger partial charge is 0.0337 e. The van der Waals surface area contributed by atoms with Crippen molar-refractivity contribution in [2.24, 2.45) is 0 Å². The normalized spacial score (nSPS) is 12.5. The fraction of sp³-hybridized carbons (Fsp3) is 0.455. The highest BCUT2D eigenvalue weighted by molar-refractivity contribution is 5.43. The van der Waals surface area contributed by atoms with Crippen LogP contribution in [0, 0.1) is 0 Å². The van der Waals surface area contributed by atoms with Crippen molar-refractivity contribution >= 4 is 5.69 Å². The number of likely N-dealkylation sites (N-methyl/N-ethyl adjacent to an activating group) is 1. The maximum absolute atomic E-state index is 3.23. The fourth-order valence-corrected chi connectivity index (χ4v) is 1.26. The van der Waals surface area contributed by atoms with E-state index in [1.165, 1.54) is 11.3 Å². The lowest BCUT2D eigenvalue weighted by Crippen LogP contribution is -2.23. The quantitative estimate of drug-likeness (QED) is 0.735. The lowest BCUT2D eigenvalue weighted by molar-refractivity contribution is 0.608. The molecule has 0 fully saturated rings. The van der Waals surface area contributed by atoms with E-state index in [1.807, 2.05) is 14.1 Å². The third-order valence-corrected chi connectivity index (χ3v) is 2.28. The third-order valence-electron chi connectivity index (χ3n) is 2.28. The molecule has 1 unspecified atom stereocenters. The van der Waals surface area contributed by atoms with Crippen LogP contribution in [0.25, 0.3) is 0 Å². The first-order valence-corrected chi connectivity index (χ1v) is 4.70. The van der Waals surface area contributed by atoms with Crippen LogP contribution in [-0.2, 0) is 6.42 Å². The number of nitrogens with one attached hydrogen (secondary N) is 2. The first kappa shape index (κ1) is 10.1. The van der Waals surface area contributed by atoms with E-state index in [4.69, 9.17) is 0 Å². The van der Waals surface area contributed by atoms with Crippen molar-refractivity contribution in [1.29, 1.82) is 0 Å². The van der Waals surface area contributed by atoms with Crippen LogP contribution in [0.5, 0.6) is 0 Å². The lowest BCUT2D eigenvalue weighted by Gasteiger charge is -2.10. The molecule has 2 heteroatoms. The molecule has 0 spiro atoms. The van der Waals surface area contributed by atoms with Gasteiger partial charge in [0.2, 0.25) is 0 Å². The van der Waals surface area contributed by atoms with Gasteiger partial charge in [0, 0.05) is 18.8 Å².